The van der Waals surface area contributed by atoms with Crippen molar-refractivity contribution in [3.8, 4) is 11.5 Å². The average Bonchev–Trinajstić information content (AvgIpc) is 2.76. The number of benzene rings is 1. The molecule has 0 amide bonds. The second-order valence-electron chi connectivity index (χ2n) is 4.80. The van der Waals surface area contributed by atoms with E-state index in [9.17, 15) is 0 Å². The molecule has 0 radical (unpaired) electrons. The molecule has 2 aliphatic heterocycles. The molecule has 2 aliphatic rings. The number of ether oxygens (including phenoxy) is 2. The lowest BCUT2D eigenvalue weighted by Crippen LogP contribution is -2.42. The van der Waals surface area contributed by atoms with E-state index in [4.69, 9.17) is 15.2 Å². The minimum atomic E-state index is -0.0382. The number of rotatable bonds is 1. The molecule has 0 aliphatic carbocycles. The summed E-state index contributed by atoms with van der Waals surface area (Å²) in [5.74, 6) is 3.97. The Morgan fingerprint density at radius 3 is 3.12 bits per heavy atom. The van der Waals surface area contributed by atoms with Gasteiger partial charge in [0.2, 0.25) is 0 Å². The molecule has 0 saturated carbocycles. The highest BCUT2D eigenvalue weighted by atomic mass is 32.2. The molecule has 1 fully saturated rings. The van der Waals surface area contributed by atoms with E-state index in [0.29, 0.717) is 0 Å². The van der Waals surface area contributed by atoms with Crippen LogP contribution in [0.2, 0.25) is 0 Å². The fraction of sp³-hybridized carbons (Fsp3) is 0.538. The number of thioether (sulfide) groups is 1. The summed E-state index contributed by atoms with van der Waals surface area (Å²) < 4.78 is 11.5. The molecule has 2 N–H and O–H groups in total. The van der Waals surface area contributed by atoms with Gasteiger partial charge in [-0.1, -0.05) is 6.07 Å². The molecule has 1 aromatic rings. The number of hydrogen-bond acceptors (Lipinski definition) is 4. The van der Waals surface area contributed by atoms with Gasteiger partial charge in [0.15, 0.2) is 0 Å². The molecule has 1 aromatic carbocycles. The Hall–Kier alpha value is -0.870. The highest BCUT2D eigenvalue weighted by Crippen LogP contribution is 2.45. The van der Waals surface area contributed by atoms with E-state index in [1.54, 1.807) is 7.11 Å². The van der Waals surface area contributed by atoms with Gasteiger partial charge in [0.05, 0.1) is 7.11 Å². The molecule has 1 spiro atoms. The van der Waals surface area contributed by atoms with Crippen LogP contribution < -0.4 is 15.2 Å². The summed E-state index contributed by atoms with van der Waals surface area (Å²) in [6.07, 6.45) is 2.03. The summed E-state index contributed by atoms with van der Waals surface area (Å²) in [7, 11) is 1.67. The number of hydrogen-bond donors (Lipinski definition) is 1. The van der Waals surface area contributed by atoms with Crippen molar-refractivity contribution in [2.45, 2.75) is 24.5 Å². The third-order valence-electron chi connectivity index (χ3n) is 3.61. The first-order chi connectivity index (χ1) is 8.22. The van der Waals surface area contributed by atoms with Crippen LogP contribution in [0.4, 0.5) is 0 Å². The van der Waals surface area contributed by atoms with Crippen molar-refractivity contribution in [2.24, 2.45) is 5.73 Å². The van der Waals surface area contributed by atoms with Gasteiger partial charge in [0, 0.05) is 29.8 Å². The molecule has 1 saturated heterocycles. The summed E-state index contributed by atoms with van der Waals surface area (Å²) in [5.41, 5.74) is 7.33. The molecule has 0 aromatic heterocycles. The highest BCUT2D eigenvalue weighted by molar-refractivity contribution is 7.99. The smallest absolute Gasteiger partial charge is 0.128 e. The van der Waals surface area contributed by atoms with Crippen LogP contribution in [0, 0.1) is 0 Å². The van der Waals surface area contributed by atoms with E-state index in [1.165, 1.54) is 5.75 Å². The number of fused-ring (bicyclic) bond motifs is 1. The van der Waals surface area contributed by atoms with E-state index >= 15 is 0 Å². The molecule has 2 atom stereocenters. The fourth-order valence-electron chi connectivity index (χ4n) is 2.65. The Bertz CT molecular complexity index is 429. The van der Waals surface area contributed by atoms with E-state index < -0.39 is 0 Å². The fourth-order valence-corrected chi connectivity index (χ4v) is 4.01. The monoisotopic (exact) mass is 251 g/mol. The maximum atomic E-state index is 6.26. The van der Waals surface area contributed by atoms with Crippen LogP contribution >= 0.6 is 11.8 Å². The first-order valence-corrected chi connectivity index (χ1v) is 7.08. The second kappa shape index (κ2) is 4.10. The number of nitrogens with two attached hydrogens (primary N) is 1. The molecule has 92 valence electrons. The predicted molar refractivity (Wildman–Crippen MR) is 69.8 cm³/mol. The lowest BCUT2D eigenvalue weighted by atomic mass is 9.87. The van der Waals surface area contributed by atoms with Gasteiger partial charge in [-0.3, -0.25) is 0 Å². The van der Waals surface area contributed by atoms with Gasteiger partial charge in [-0.15, -0.1) is 0 Å². The summed E-state index contributed by atoms with van der Waals surface area (Å²) >= 11 is 1.95. The maximum absolute atomic E-state index is 6.26. The Morgan fingerprint density at radius 1 is 1.53 bits per heavy atom. The Balaban J connectivity index is 1.97. The van der Waals surface area contributed by atoms with Gasteiger partial charge in [-0.05, 0) is 18.2 Å². The highest BCUT2D eigenvalue weighted by Gasteiger charge is 2.42. The molecule has 2 heterocycles. The van der Waals surface area contributed by atoms with Crippen molar-refractivity contribution in [3.05, 3.63) is 23.8 Å². The summed E-state index contributed by atoms with van der Waals surface area (Å²) in [6.45, 7) is 0. The van der Waals surface area contributed by atoms with E-state index in [1.807, 2.05) is 30.0 Å². The molecular weight excluding hydrogens is 234 g/mol. The number of methoxy groups -OCH3 is 1. The normalized spacial score (nSPS) is 31.1. The van der Waals surface area contributed by atoms with E-state index in [2.05, 4.69) is 0 Å². The lowest BCUT2D eigenvalue weighted by molar-refractivity contribution is 0.0613. The van der Waals surface area contributed by atoms with Crippen LogP contribution in [-0.2, 0) is 0 Å². The first-order valence-electron chi connectivity index (χ1n) is 5.93. The van der Waals surface area contributed by atoms with Crippen molar-refractivity contribution in [1.29, 1.82) is 0 Å². The van der Waals surface area contributed by atoms with Gasteiger partial charge in [0.1, 0.15) is 17.1 Å². The average molecular weight is 251 g/mol. The predicted octanol–water partition coefficient (Wildman–Crippen LogP) is 2.35. The molecule has 17 heavy (non-hydrogen) atoms. The van der Waals surface area contributed by atoms with E-state index in [-0.39, 0.29) is 11.6 Å². The Labute approximate surface area is 106 Å². The minimum absolute atomic E-state index is 0.0382. The van der Waals surface area contributed by atoms with Crippen LogP contribution in [-0.4, -0.2) is 24.2 Å². The Kier molecular flexibility index (Phi) is 2.71. The van der Waals surface area contributed by atoms with Gasteiger partial charge in [0.25, 0.3) is 0 Å². The summed E-state index contributed by atoms with van der Waals surface area (Å²) in [4.78, 5) is 0. The van der Waals surface area contributed by atoms with Crippen LogP contribution in [0.3, 0.4) is 0 Å². The first kappa shape index (κ1) is 11.2. The molecule has 1 unspecified atom stereocenters. The van der Waals surface area contributed by atoms with Gasteiger partial charge in [-0.25, -0.2) is 0 Å². The summed E-state index contributed by atoms with van der Waals surface area (Å²) in [5, 5.41) is 0. The topological polar surface area (TPSA) is 44.5 Å². The molecule has 3 nitrogen and oxygen atoms in total. The van der Waals surface area contributed by atoms with Gasteiger partial charge in [-0.2, -0.15) is 11.8 Å². The standard InChI is InChI=1S/C13H17NO2S/c1-15-9-2-3-10-11(14)7-13(4-5-17-8-13)16-12(10)6-9/h2-3,6,11H,4-5,7-8,14H2,1H3/t11-,13?/m1/s1. The van der Waals surface area contributed by atoms with Crippen LogP contribution in [0.15, 0.2) is 18.2 Å². The third-order valence-corrected chi connectivity index (χ3v) is 4.83. The van der Waals surface area contributed by atoms with Crippen LogP contribution in [0.1, 0.15) is 24.4 Å². The van der Waals surface area contributed by atoms with Crippen molar-refractivity contribution in [2.75, 3.05) is 18.6 Å². The Morgan fingerprint density at radius 2 is 2.41 bits per heavy atom. The zero-order valence-electron chi connectivity index (χ0n) is 9.94. The van der Waals surface area contributed by atoms with Gasteiger partial charge < -0.3 is 15.2 Å². The quantitative estimate of drug-likeness (QED) is 0.832. The zero-order valence-corrected chi connectivity index (χ0v) is 10.8. The summed E-state index contributed by atoms with van der Waals surface area (Å²) in [6, 6.07) is 6.01. The van der Waals surface area contributed by atoms with E-state index in [0.717, 1.165) is 35.7 Å². The molecule has 0 bridgehead atoms. The van der Waals surface area contributed by atoms with Crippen molar-refractivity contribution >= 4 is 11.8 Å². The largest absolute Gasteiger partial charge is 0.497 e. The minimum Gasteiger partial charge on any atom is -0.497 e. The van der Waals surface area contributed by atoms with Gasteiger partial charge >= 0.3 is 0 Å². The molecule has 3 rings (SSSR count). The van der Waals surface area contributed by atoms with Crippen LogP contribution in [0.25, 0.3) is 0 Å². The van der Waals surface area contributed by atoms with Crippen molar-refractivity contribution < 1.29 is 9.47 Å². The van der Waals surface area contributed by atoms with Crippen molar-refractivity contribution in [3.63, 3.8) is 0 Å². The molecule has 4 heteroatoms. The SMILES string of the molecule is COc1ccc2c(c1)OC1(CCSC1)C[C@H]2N. The third kappa shape index (κ3) is 1.89. The molecular formula is C13H17NO2S. The zero-order chi connectivity index (χ0) is 11.9. The lowest BCUT2D eigenvalue weighted by Gasteiger charge is -2.38. The second-order valence-corrected chi connectivity index (χ2v) is 5.91. The van der Waals surface area contributed by atoms with Crippen LogP contribution in [0.5, 0.6) is 11.5 Å². The maximum Gasteiger partial charge on any atom is 0.128 e. The van der Waals surface area contributed by atoms with Crippen molar-refractivity contribution in [1.82, 2.24) is 0 Å².